The van der Waals surface area contributed by atoms with Gasteiger partial charge in [0.15, 0.2) is 0 Å². The van der Waals surface area contributed by atoms with Crippen molar-refractivity contribution in [1.82, 2.24) is 10.4 Å². The summed E-state index contributed by atoms with van der Waals surface area (Å²) >= 11 is 0. The van der Waals surface area contributed by atoms with Crippen LogP contribution >= 0.6 is 0 Å². The first-order valence-corrected chi connectivity index (χ1v) is 8.33. The maximum Gasteiger partial charge on any atom is 0.405 e. The average Bonchev–Trinajstić information content (AvgIpc) is 2.65. The van der Waals surface area contributed by atoms with E-state index in [9.17, 15) is 18.0 Å². The third-order valence-corrected chi connectivity index (χ3v) is 4.26. The van der Waals surface area contributed by atoms with Crippen LogP contribution in [0.5, 0.6) is 0 Å². The molecule has 0 spiro atoms. The van der Waals surface area contributed by atoms with Crippen LogP contribution in [0.2, 0.25) is 0 Å². The van der Waals surface area contributed by atoms with E-state index in [1.165, 1.54) is 12.8 Å². The summed E-state index contributed by atoms with van der Waals surface area (Å²) in [6.07, 6.45) is 2.71. The molecule has 22 heavy (non-hydrogen) atoms. The Morgan fingerprint density at radius 1 is 1.14 bits per heavy atom. The Labute approximate surface area is 131 Å². The summed E-state index contributed by atoms with van der Waals surface area (Å²) in [6, 6.07) is -1.58. The van der Waals surface area contributed by atoms with Crippen molar-refractivity contribution in [2.75, 3.05) is 6.54 Å². The summed E-state index contributed by atoms with van der Waals surface area (Å²) < 4.78 is 39.7. The van der Waals surface area contributed by atoms with Crippen LogP contribution in [0.15, 0.2) is 0 Å². The summed E-state index contributed by atoms with van der Waals surface area (Å²) in [7, 11) is 0. The molecule has 1 heterocycles. The van der Waals surface area contributed by atoms with Crippen LogP contribution in [0, 0.1) is 5.41 Å². The van der Waals surface area contributed by atoms with Gasteiger partial charge in [0.25, 0.3) is 0 Å². The monoisotopic (exact) mass is 322 g/mol. The van der Waals surface area contributed by atoms with E-state index in [4.69, 9.17) is 0 Å². The summed E-state index contributed by atoms with van der Waals surface area (Å²) in [5.74, 6) is -0.332. The number of amides is 1. The second kappa shape index (κ2) is 8.18. The van der Waals surface area contributed by atoms with Crippen molar-refractivity contribution in [3.63, 3.8) is 0 Å². The van der Waals surface area contributed by atoms with Crippen molar-refractivity contribution in [2.24, 2.45) is 5.41 Å². The number of rotatable bonds is 9. The largest absolute Gasteiger partial charge is 0.405 e. The first kappa shape index (κ1) is 19.3. The molecule has 1 aliphatic rings. The first-order valence-electron chi connectivity index (χ1n) is 8.33. The van der Waals surface area contributed by atoms with Gasteiger partial charge in [-0.2, -0.15) is 13.2 Å². The minimum absolute atomic E-state index is 0.0492. The lowest BCUT2D eigenvalue weighted by Crippen LogP contribution is -2.49. The highest BCUT2D eigenvalue weighted by Gasteiger charge is 2.49. The third-order valence-electron chi connectivity index (χ3n) is 4.26. The number of halogens is 3. The van der Waals surface area contributed by atoms with Crippen molar-refractivity contribution >= 4 is 5.91 Å². The molecule has 0 saturated carbocycles. The molecule has 0 aromatic carbocycles. The molecule has 130 valence electrons. The van der Waals surface area contributed by atoms with Crippen molar-refractivity contribution in [3.8, 4) is 0 Å². The molecule has 0 aromatic heterocycles. The Hall–Kier alpha value is -0.780. The molecule has 0 aliphatic carbocycles. The van der Waals surface area contributed by atoms with Crippen LogP contribution in [0.1, 0.15) is 72.1 Å². The minimum Gasteiger partial charge on any atom is -0.288 e. The van der Waals surface area contributed by atoms with E-state index < -0.39 is 17.6 Å². The number of hydrazine groups is 1. The molecule has 1 N–H and O–H groups in total. The van der Waals surface area contributed by atoms with Gasteiger partial charge in [0.2, 0.25) is 5.91 Å². The number of nitrogens with one attached hydrogen (secondary N) is 1. The number of carbonyl (C=O) groups excluding carboxylic acids is 1. The first-order chi connectivity index (χ1) is 10.2. The van der Waals surface area contributed by atoms with Gasteiger partial charge in [0.05, 0.1) is 5.41 Å². The van der Waals surface area contributed by atoms with Gasteiger partial charge in [0, 0.05) is 6.54 Å². The average molecular weight is 322 g/mol. The number of hydrogen-bond donors (Lipinski definition) is 1. The molecule has 1 atom stereocenters. The lowest BCUT2D eigenvalue weighted by atomic mass is 9.94. The van der Waals surface area contributed by atoms with Gasteiger partial charge in [-0.05, 0) is 20.3 Å². The number of alkyl halides is 3. The van der Waals surface area contributed by atoms with Crippen molar-refractivity contribution < 1.29 is 18.0 Å². The molecule has 0 radical (unpaired) electrons. The minimum atomic E-state index is -4.31. The molecule has 0 bridgehead atoms. The number of unbranched alkanes of at least 4 members (excludes halogenated alkanes) is 6. The smallest absolute Gasteiger partial charge is 0.288 e. The number of hydrogen-bond acceptors (Lipinski definition) is 2. The molecular formula is C16H29F3N2O. The quantitative estimate of drug-likeness (QED) is 0.637. The predicted molar refractivity (Wildman–Crippen MR) is 81.1 cm³/mol. The number of carbonyl (C=O) groups is 1. The maximum absolute atomic E-state index is 13.2. The molecule has 1 fully saturated rings. The Balaban J connectivity index is 2.42. The van der Waals surface area contributed by atoms with E-state index in [2.05, 4.69) is 12.3 Å². The van der Waals surface area contributed by atoms with Gasteiger partial charge < -0.3 is 0 Å². The highest BCUT2D eigenvalue weighted by atomic mass is 19.4. The second-order valence-corrected chi connectivity index (χ2v) is 6.92. The predicted octanol–water partition coefficient (Wildman–Crippen LogP) is 4.43. The standard InChI is InChI=1S/C16H29F3N2O/c1-4-5-6-7-8-9-10-11-13(16(17,18)19)21-12-15(2,3)14(22)20-21/h13H,4-12H2,1-3H3,(H,20,22)/t13-/m0/s1. The van der Waals surface area contributed by atoms with Crippen molar-refractivity contribution in [1.29, 1.82) is 0 Å². The van der Waals surface area contributed by atoms with Gasteiger partial charge in [-0.25, -0.2) is 5.01 Å². The Morgan fingerprint density at radius 2 is 1.68 bits per heavy atom. The van der Waals surface area contributed by atoms with Gasteiger partial charge >= 0.3 is 6.18 Å². The molecule has 1 rings (SSSR count). The van der Waals surface area contributed by atoms with Gasteiger partial charge in [-0.1, -0.05) is 51.9 Å². The highest BCUT2D eigenvalue weighted by molar-refractivity contribution is 5.83. The zero-order valence-corrected chi connectivity index (χ0v) is 13.9. The van der Waals surface area contributed by atoms with Gasteiger partial charge in [0.1, 0.15) is 6.04 Å². The van der Waals surface area contributed by atoms with Crippen LogP contribution in [0.25, 0.3) is 0 Å². The Kier molecular flexibility index (Phi) is 7.16. The Morgan fingerprint density at radius 3 is 2.14 bits per heavy atom. The van der Waals surface area contributed by atoms with Crippen LogP contribution in [0.3, 0.4) is 0 Å². The third kappa shape index (κ3) is 5.78. The zero-order chi connectivity index (χ0) is 16.8. The van der Waals surface area contributed by atoms with Crippen LogP contribution in [-0.2, 0) is 4.79 Å². The summed E-state index contributed by atoms with van der Waals surface area (Å²) in [6.45, 7) is 5.58. The van der Waals surface area contributed by atoms with Gasteiger partial charge in [-0.3, -0.25) is 10.2 Å². The topological polar surface area (TPSA) is 32.3 Å². The lowest BCUT2D eigenvalue weighted by Gasteiger charge is -2.29. The fraction of sp³-hybridized carbons (Fsp3) is 0.938. The molecule has 1 amide bonds. The van der Waals surface area contributed by atoms with E-state index in [0.717, 1.165) is 30.7 Å². The summed E-state index contributed by atoms with van der Waals surface area (Å²) in [5.41, 5.74) is 1.63. The molecule has 6 heteroatoms. The molecule has 1 saturated heterocycles. The molecule has 0 unspecified atom stereocenters. The summed E-state index contributed by atoms with van der Waals surface area (Å²) in [5, 5.41) is 1.08. The highest BCUT2D eigenvalue weighted by Crippen LogP contribution is 2.33. The molecule has 0 aromatic rings. The van der Waals surface area contributed by atoms with E-state index in [1.54, 1.807) is 13.8 Å². The zero-order valence-electron chi connectivity index (χ0n) is 13.9. The van der Waals surface area contributed by atoms with E-state index in [-0.39, 0.29) is 18.9 Å². The number of nitrogens with zero attached hydrogens (tertiary/aromatic N) is 1. The Bertz CT molecular complexity index is 356. The van der Waals surface area contributed by atoms with Crippen LogP contribution < -0.4 is 5.43 Å². The summed E-state index contributed by atoms with van der Waals surface area (Å²) in [4.78, 5) is 11.7. The van der Waals surface area contributed by atoms with E-state index >= 15 is 0 Å². The van der Waals surface area contributed by atoms with Crippen molar-refractivity contribution in [3.05, 3.63) is 0 Å². The van der Waals surface area contributed by atoms with Crippen LogP contribution in [0.4, 0.5) is 13.2 Å². The molecule has 3 nitrogen and oxygen atoms in total. The van der Waals surface area contributed by atoms with Crippen molar-refractivity contribution in [2.45, 2.75) is 84.4 Å². The molecule has 1 aliphatic heterocycles. The lowest BCUT2D eigenvalue weighted by molar-refractivity contribution is -0.190. The SMILES string of the molecule is CCCCCCCCC[C@H](N1CC(C)(C)C(=O)N1)C(F)(F)F. The van der Waals surface area contributed by atoms with Gasteiger partial charge in [-0.15, -0.1) is 0 Å². The van der Waals surface area contributed by atoms with E-state index in [1.807, 2.05) is 0 Å². The molecular weight excluding hydrogens is 293 g/mol. The normalized spacial score (nSPS) is 20.2. The second-order valence-electron chi connectivity index (χ2n) is 6.92. The van der Waals surface area contributed by atoms with E-state index in [0.29, 0.717) is 6.42 Å². The maximum atomic E-state index is 13.2. The van der Waals surface area contributed by atoms with Crippen LogP contribution in [-0.4, -0.2) is 29.7 Å². The fourth-order valence-corrected chi connectivity index (χ4v) is 2.80. The fourth-order valence-electron chi connectivity index (χ4n) is 2.80.